The molecule has 0 bridgehead atoms. The zero-order valence-corrected chi connectivity index (χ0v) is 8.43. The summed E-state index contributed by atoms with van der Waals surface area (Å²) < 4.78 is 5.56. The molecule has 1 aromatic carbocycles. The minimum atomic E-state index is -0.761. The third-order valence-corrected chi connectivity index (χ3v) is 2.77. The van der Waals surface area contributed by atoms with Crippen LogP contribution >= 0.6 is 0 Å². The van der Waals surface area contributed by atoms with E-state index in [1.807, 2.05) is 30.3 Å². The van der Waals surface area contributed by atoms with Gasteiger partial charge in [-0.05, 0) is 18.4 Å². The topological polar surface area (TPSA) is 46.5 Å². The Morgan fingerprint density at radius 3 is 2.73 bits per heavy atom. The Morgan fingerprint density at radius 2 is 2.07 bits per heavy atom. The Kier molecular flexibility index (Phi) is 3.02. The average Bonchev–Trinajstić information content (AvgIpc) is 2.30. The number of rotatable bonds is 2. The lowest BCUT2D eigenvalue weighted by Crippen LogP contribution is -2.28. The van der Waals surface area contributed by atoms with Crippen molar-refractivity contribution in [2.24, 2.45) is 5.92 Å². The van der Waals surface area contributed by atoms with E-state index >= 15 is 0 Å². The number of carboxylic acid groups (broad SMARTS) is 1. The van der Waals surface area contributed by atoms with Crippen molar-refractivity contribution in [2.45, 2.75) is 18.9 Å². The average molecular weight is 206 g/mol. The van der Waals surface area contributed by atoms with Crippen LogP contribution in [-0.2, 0) is 9.53 Å². The highest BCUT2D eigenvalue weighted by Crippen LogP contribution is 2.33. The predicted molar refractivity (Wildman–Crippen MR) is 55.5 cm³/mol. The minimum absolute atomic E-state index is 0.280. The summed E-state index contributed by atoms with van der Waals surface area (Å²) in [5.41, 5.74) is 0.963. The first-order valence-electron chi connectivity index (χ1n) is 5.18. The highest BCUT2D eigenvalue weighted by atomic mass is 16.5. The van der Waals surface area contributed by atoms with Crippen LogP contribution in [-0.4, -0.2) is 17.7 Å². The van der Waals surface area contributed by atoms with Crippen molar-refractivity contribution in [1.29, 1.82) is 0 Å². The molecule has 3 heteroatoms. The predicted octanol–water partition coefficient (Wildman–Crippen LogP) is 2.24. The summed E-state index contributed by atoms with van der Waals surface area (Å²) in [6.07, 6.45) is 1.26. The van der Waals surface area contributed by atoms with Gasteiger partial charge in [-0.1, -0.05) is 30.3 Å². The highest BCUT2D eigenvalue weighted by Gasteiger charge is 2.32. The molecular formula is C12H14O3. The Labute approximate surface area is 88.7 Å². The van der Waals surface area contributed by atoms with Crippen LogP contribution in [0.5, 0.6) is 0 Å². The zero-order valence-electron chi connectivity index (χ0n) is 8.43. The van der Waals surface area contributed by atoms with E-state index in [1.54, 1.807) is 0 Å². The molecule has 0 amide bonds. The summed E-state index contributed by atoms with van der Waals surface area (Å²) in [7, 11) is 0. The molecule has 1 N–H and O–H groups in total. The first-order chi connectivity index (χ1) is 7.29. The quantitative estimate of drug-likeness (QED) is 0.807. The van der Waals surface area contributed by atoms with E-state index < -0.39 is 11.9 Å². The molecule has 0 radical (unpaired) electrons. The van der Waals surface area contributed by atoms with Gasteiger partial charge in [0.2, 0.25) is 0 Å². The molecule has 0 spiro atoms. The second-order valence-electron chi connectivity index (χ2n) is 3.79. The molecule has 1 heterocycles. The summed E-state index contributed by atoms with van der Waals surface area (Å²) >= 11 is 0. The van der Waals surface area contributed by atoms with Gasteiger partial charge >= 0.3 is 5.97 Å². The number of hydrogen-bond donors (Lipinski definition) is 1. The van der Waals surface area contributed by atoms with Crippen LogP contribution < -0.4 is 0 Å². The fraction of sp³-hybridized carbons (Fsp3) is 0.417. The first kappa shape index (κ1) is 10.2. The molecule has 1 aliphatic heterocycles. The lowest BCUT2D eigenvalue weighted by atomic mass is 9.90. The van der Waals surface area contributed by atoms with E-state index in [0.29, 0.717) is 13.0 Å². The van der Waals surface area contributed by atoms with Crippen molar-refractivity contribution in [1.82, 2.24) is 0 Å². The van der Waals surface area contributed by atoms with Gasteiger partial charge in [-0.2, -0.15) is 0 Å². The molecule has 2 atom stereocenters. The molecule has 2 unspecified atom stereocenters. The fourth-order valence-electron chi connectivity index (χ4n) is 2.01. The van der Waals surface area contributed by atoms with E-state index in [4.69, 9.17) is 9.84 Å². The molecule has 1 fully saturated rings. The molecule has 80 valence electrons. The summed E-state index contributed by atoms with van der Waals surface area (Å²) in [5.74, 6) is -1.16. The number of carboxylic acids is 1. The Balaban J connectivity index is 2.22. The standard InChI is InChI=1S/C12H14O3/c13-12(14)10-7-4-8-15-11(10)9-5-2-1-3-6-9/h1-3,5-6,10-11H,4,7-8H2,(H,13,14). The maximum atomic E-state index is 11.1. The SMILES string of the molecule is O=C(O)C1CCCOC1c1ccccc1. The largest absolute Gasteiger partial charge is 0.481 e. The van der Waals surface area contributed by atoms with Crippen molar-refractivity contribution in [2.75, 3.05) is 6.61 Å². The lowest BCUT2D eigenvalue weighted by Gasteiger charge is -2.29. The molecular weight excluding hydrogens is 192 g/mol. The third-order valence-electron chi connectivity index (χ3n) is 2.77. The number of aliphatic carboxylic acids is 1. The lowest BCUT2D eigenvalue weighted by molar-refractivity contribution is -0.151. The number of carbonyl (C=O) groups is 1. The van der Waals surface area contributed by atoms with Gasteiger partial charge in [0.1, 0.15) is 0 Å². The third kappa shape index (κ3) is 2.18. The molecule has 1 saturated heterocycles. The molecule has 0 aliphatic carbocycles. The van der Waals surface area contributed by atoms with Gasteiger partial charge in [-0.3, -0.25) is 4.79 Å². The van der Waals surface area contributed by atoms with Crippen LogP contribution in [0.1, 0.15) is 24.5 Å². The van der Waals surface area contributed by atoms with Crippen molar-refractivity contribution in [3.05, 3.63) is 35.9 Å². The van der Waals surface area contributed by atoms with Gasteiger partial charge in [-0.15, -0.1) is 0 Å². The Hall–Kier alpha value is -1.35. The van der Waals surface area contributed by atoms with E-state index in [1.165, 1.54) is 0 Å². The summed E-state index contributed by atoms with van der Waals surface area (Å²) in [5, 5.41) is 9.09. The summed E-state index contributed by atoms with van der Waals surface area (Å²) in [4.78, 5) is 11.1. The van der Waals surface area contributed by atoms with E-state index in [0.717, 1.165) is 12.0 Å². The van der Waals surface area contributed by atoms with Gasteiger partial charge < -0.3 is 9.84 Å². The van der Waals surface area contributed by atoms with Crippen LogP contribution in [0.4, 0.5) is 0 Å². The van der Waals surface area contributed by atoms with Gasteiger partial charge in [0, 0.05) is 6.61 Å². The maximum absolute atomic E-state index is 11.1. The van der Waals surface area contributed by atoms with E-state index in [9.17, 15) is 4.79 Å². The second kappa shape index (κ2) is 4.45. The van der Waals surface area contributed by atoms with Gasteiger partial charge in [0.05, 0.1) is 12.0 Å². The fourth-order valence-corrected chi connectivity index (χ4v) is 2.01. The second-order valence-corrected chi connectivity index (χ2v) is 3.79. The number of hydrogen-bond acceptors (Lipinski definition) is 2. The zero-order chi connectivity index (χ0) is 10.7. The highest BCUT2D eigenvalue weighted by molar-refractivity contribution is 5.71. The van der Waals surface area contributed by atoms with Crippen molar-refractivity contribution < 1.29 is 14.6 Å². The molecule has 0 saturated carbocycles. The van der Waals surface area contributed by atoms with Gasteiger partial charge in [0.25, 0.3) is 0 Å². The van der Waals surface area contributed by atoms with Gasteiger partial charge in [-0.25, -0.2) is 0 Å². The van der Waals surface area contributed by atoms with Crippen molar-refractivity contribution >= 4 is 5.97 Å². The minimum Gasteiger partial charge on any atom is -0.481 e. The van der Waals surface area contributed by atoms with Crippen LogP contribution in [0.15, 0.2) is 30.3 Å². The molecule has 1 aromatic rings. The van der Waals surface area contributed by atoms with Crippen LogP contribution in [0.25, 0.3) is 0 Å². The Bertz CT molecular complexity index is 334. The normalized spacial score (nSPS) is 26.1. The van der Waals surface area contributed by atoms with Crippen LogP contribution in [0, 0.1) is 5.92 Å². The van der Waals surface area contributed by atoms with Crippen LogP contribution in [0.2, 0.25) is 0 Å². The van der Waals surface area contributed by atoms with Crippen molar-refractivity contribution in [3.63, 3.8) is 0 Å². The van der Waals surface area contributed by atoms with Crippen molar-refractivity contribution in [3.8, 4) is 0 Å². The molecule has 2 rings (SSSR count). The number of benzene rings is 1. The first-order valence-corrected chi connectivity index (χ1v) is 5.18. The van der Waals surface area contributed by atoms with Gasteiger partial charge in [0.15, 0.2) is 0 Å². The molecule has 3 nitrogen and oxygen atoms in total. The smallest absolute Gasteiger partial charge is 0.309 e. The maximum Gasteiger partial charge on any atom is 0.309 e. The molecule has 1 aliphatic rings. The summed E-state index contributed by atoms with van der Waals surface area (Å²) in [6, 6.07) is 9.58. The van der Waals surface area contributed by atoms with E-state index in [2.05, 4.69) is 0 Å². The monoisotopic (exact) mass is 206 g/mol. The number of ether oxygens (including phenoxy) is 1. The van der Waals surface area contributed by atoms with Crippen LogP contribution in [0.3, 0.4) is 0 Å². The summed E-state index contributed by atoms with van der Waals surface area (Å²) in [6.45, 7) is 0.656. The van der Waals surface area contributed by atoms with E-state index in [-0.39, 0.29) is 6.10 Å². The Morgan fingerprint density at radius 1 is 1.33 bits per heavy atom. The molecule has 0 aromatic heterocycles. The molecule has 15 heavy (non-hydrogen) atoms.